The van der Waals surface area contributed by atoms with Gasteiger partial charge in [0.25, 0.3) is 5.91 Å². The average molecular weight is 352 g/mol. The number of nitrogens with one attached hydrogen (secondary N) is 2. The molecule has 0 radical (unpaired) electrons. The van der Waals surface area contributed by atoms with Crippen LogP contribution in [0.25, 0.3) is 0 Å². The average Bonchev–Trinajstić information content (AvgIpc) is 2.61. The van der Waals surface area contributed by atoms with E-state index in [-0.39, 0.29) is 5.91 Å². The Kier molecular flexibility index (Phi) is 5.31. The first-order chi connectivity index (χ1) is 12.1. The van der Waals surface area contributed by atoms with E-state index in [0.717, 1.165) is 16.8 Å². The summed E-state index contributed by atoms with van der Waals surface area (Å²) < 4.78 is 0. The van der Waals surface area contributed by atoms with Gasteiger partial charge >= 0.3 is 0 Å². The lowest BCUT2D eigenvalue weighted by Gasteiger charge is -2.09. The molecule has 0 spiro atoms. The van der Waals surface area contributed by atoms with Crippen molar-refractivity contribution in [2.75, 3.05) is 10.6 Å². The summed E-state index contributed by atoms with van der Waals surface area (Å²) in [6.45, 7) is 2.52. The lowest BCUT2D eigenvalue weighted by Crippen LogP contribution is -2.13. The topological polar surface area (TPSA) is 54.0 Å². The molecular formula is C20H18ClN3O. The third kappa shape index (κ3) is 4.58. The van der Waals surface area contributed by atoms with Crippen LogP contribution in [-0.4, -0.2) is 10.9 Å². The van der Waals surface area contributed by atoms with Crippen molar-refractivity contribution >= 4 is 29.0 Å². The maximum Gasteiger partial charge on any atom is 0.255 e. The third-order valence-electron chi connectivity index (χ3n) is 3.72. The number of nitrogens with zero attached hydrogens (tertiary/aromatic N) is 1. The van der Waals surface area contributed by atoms with E-state index >= 15 is 0 Å². The van der Waals surface area contributed by atoms with Crippen molar-refractivity contribution in [1.82, 2.24) is 4.98 Å². The smallest absolute Gasteiger partial charge is 0.255 e. The molecule has 0 saturated carbocycles. The van der Waals surface area contributed by atoms with Crippen molar-refractivity contribution < 1.29 is 4.79 Å². The molecule has 0 atom stereocenters. The monoisotopic (exact) mass is 351 g/mol. The third-order valence-corrected chi connectivity index (χ3v) is 4.08. The molecule has 0 aliphatic carbocycles. The standard InChI is InChI=1S/C20H18ClN3O/c1-14-5-4-7-17(11-14)24-20(25)15-9-10-22-19(12-15)23-13-16-6-2-3-8-18(16)21/h2-12H,13H2,1H3,(H,22,23)(H,24,25). The SMILES string of the molecule is Cc1cccc(NC(=O)c2ccnc(NCc3ccccc3Cl)c2)c1. The summed E-state index contributed by atoms with van der Waals surface area (Å²) in [5.41, 5.74) is 3.38. The molecule has 1 heterocycles. The van der Waals surface area contributed by atoms with Gasteiger partial charge in [0.15, 0.2) is 0 Å². The van der Waals surface area contributed by atoms with Crippen molar-refractivity contribution in [3.63, 3.8) is 0 Å². The van der Waals surface area contributed by atoms with Gasteiger partial charge in [-0.25, -0.2) is 4.98 Å². The zero-order chi connectivity index (χ0) is 17.6. The number of halogens is 1. The highest BCUT2D eigenvalue weighted by Crippen LogP contribution is 2.17. The summed E-state index contributed by atoms with van der Waals surface area (Å²) in [7, 11) is 0. The molecule has 126 valence electrons. The largest absolute Gasteiger partial charge is 0.366 e. The maximum atomic E-state index is 12.4. The number of anilines is 2. The van der Waals surface area contributed by atoms with Crippen LogP contribution in [-0.2, 0) is 6.54 Å². The molecule has 1 amide bonds. The van der Waals surface area contributed by atoms with Gasteiger partial charge < -0.3 is 10.6 Å². The number of carbonyl (C=O) groups is 1. The summed E-state index contributed by atoms with van der Waals surface area (Å²) in [5.74, 6) is 0.450. The van der Waals surface area contributed by atoms with E-state index < -0.39 is 0 Å². The molecule has 25 heavy (non-hydrogen) atoms. The lowest BCUT2D eigenvalue weighted by atomic mass is 10.2. The normalized spacial score (nSPS) is 10.3. The first-order valence-corrected chi connectivity index (χ1v) is 8.31. The Morgan fingerprint density at radius 3 is 2.72 bits per heavy atom. The minimum absolute atomic E-state index is 0.172. The van der Waals surface area contributed by atoms with E-state index in [1.165, 1.54) is 0 Å². The minimum Gasteiger partial charge on any atom is -0.366 e. The van der Waals surface area contributed by atoms with Gasteiger partial charge in [-0.2, -0.15) is 0 Å². The summed E-state index contributed by atoms with van der Waals surface area (Å²) in [6.07, 6.45) is 1.61. The number of hydrogen-bond acceptors (Lipinski definition) is 3. The van der Waals surface area contributed by atoms with E-state index in [9.17, 15) is 4.79 Å². The highest BCUT2D eigenvalue weighted by molar-refractivity contribution is 6.31. The van der Waals surface area contributed by atoms with E-state index in [1.807, 2.05) is 55.5 Å². The van der Waals surface area contributed by atoms with E-state index in [1.54, 1.807) is 18.3 Å². The highest BCUT2D eigenvalue weighted by atomic mass is 35.5. The fourth-order valence-corrected chi connectivity index (χ4v) is 2.62. The number of aryl methyl sites for hydroxylation is 1. The molecule has 1 aromatic heterocycles. The second kappa shape index (κ2) is 7.81. The molecule has 3 rings (SSSR count). The van der Waals surface area contributed by atoms with Gasteiger partial charge in [-0.1, -0.05) is 41.9 Å². The zero-order valence-electron chi connectivity index (χ0n) is 13.8. The van der Waals surface area contributed by atoms with Crippen LogP contribution in [0.15, 0.2) is 66.9 Å². The van der Waals surface area contributed by atoms with Crippen molar-refractivity contribution in [3.05, 3.63) is 88.6 Å². The van der Waals surface area contributed by atoms with Crippen molar-refractivity contribution in [1.29, 1.82) is 0 Å². The molecule has 0 aliphatic heterocycles. The highest BCUT2D eigenvalue weighted by Gasteiger charge is 2.08. The molecule has 2 aromatic carbocycles. The maximum absolute atomic E-state index is 12.4. The molecule has 0 saturated heterocycles. The Hall–Kier alpha value is -2.85. The summed E-state index contributed by atoms with van der Waals surface area (Å²) in [6, 6.07) is 18.7. The number of carbonyl (C=O) groups excluding carboxylic acids is 1. The summed E-state index contributed by atoms with van der Waals surface area (Å²) in [4.78, 5) is 16.7. The Balaban J connectivity index is 1.68. The first-order valence-electron chi connectivity index (χ1n) is 7.93. The molecule has 2 N–H and O–H groups in total. The van der Waals surface area contributed by atoms with E-state index in [2.05, 4.69) is 15.6 Å². The number of aromatic nitrogens is 1. The zero-order valence-corrected chi connectivity index (χ0v) is 14.5. The van der Waals surface area contributed by atoms with Crippen LogP contribution in [0.2, 0.25) is 5.02 Å². The molecule has 0 unspecified atom stereocenters. The molecule has 0 fully saturated rings. The Morgan fingerprint density at radius 1 is 1.08 bits per heavy atom. The number of benzene rings is 2. The number of rotatable bonds is 5. The predicted molar refractivity (Wildman–Crippen MR) is 102 cm³/mol. The van der Waals surface area contributed by atoms with Crippen LogP contribution >= 0.6 is 11.6 Å². The molecular weight excluding hydrogens is 334 g/mol. The molecule has 5 heteroatoms. The van der Waals surface area contributed by atoms with Crippen LogP contribution < -0.4 is 10.6 Å². The van der Waals surface area contributed by atoms with Gasteiger partial charge in [-0.15, -0.1) is 0 Å². The quantitative estimate of drug-likeness (QED) is 0.686. The van der Waals surface area contributed by atoms with Gasteiger partial charge in [0, 0.05) is 29.0 Å². The van der Waals surface area contributed by atoms with Crippen molar-refractivity contribution in [2.24, 2.45) is 0 Å². The predicted octanol–water partition coefficient (Wildman–Crippen LogP) is 4.91. The lowest BCUT2D eigenvalue weighted by molar-refractivity contribution is 0.102. The summed E-state index contributed by atoms with van der Waals surface area (Å²) >= 11 is 6.15. The number of pyridine rings is 1. The fourth-order valence-electron chi connectivity index (χ4n) is 2.42. The van der Waals surface area contributed by atoms with Gasteiger partial charge in [0.1, 0.15) is 5.82 Å². The Morgan fingerprint density at radius 2 is 1.92 bits per heavy atom. The van der Waals surface area contributed by atoms with Gasteiger partial charge in [-0.3, -0.25) is 4.79 Å². The van der Waals surface area contributed by atoms with Crippen LogP contribution in [0, 0.1) is 6.92 Å². The van der Waals surface area contributed by atoms with Crippen LogP contribution in [0.1, 0.15) is 21.5 Å². The van der Waals surface area contributed by atoms with E-state index in [4.69, 9.17) is 11.6 Å². The van der Waals surface area contributed by atoms with Gasteiger partial charge in [0.05, 0.1) is 0 Å². The minimum atomic E-state index is -0.172. The molecule has 0 aliphatic rings. The van der Waals surface area contributed by atoms with Crippen molar-refractivity contribution in [2.45, 2.75) is 13.5 Å². The first kappa shape index (κ1) is 17.0. The Labute approximate surface area is 151 Å². The number of hydrogen-bond donors (Lipinski definition) is 2. The van der Waals surface area contributed by atoms with Crippen LogP contribution in [0.3, 0.4) is 0 Å². The van der Waals surface area contributed by atoms with E-state index in [0.29, 0.717) is 22.9 Å². The second-order valence-corrected chi connectivity index (χ2v) is 6.11. The molecule has 0 bridgehead atoms. The molecule has 3 aromatic rings. The van der Waals surface area contributed by atoms with Crippen molar-refractivity contribution in [3.8, 4) is 0 Å². The Bertz CT molecular complexity index is 895. The van der Waals surface area contributed by atoms with Gasteiger partial charge in [-0.05, 0) is 48.4 Å². The number of amides is 1. The fraction of sp³-hybridized carbons (Fsp3) is 0.100. The molecule has 4 nitrogen and oxygen atoms in total. The van der Waals surface area contributed by atoms with Gasteiger partial charge in [0.2, 0.25) is 0 Å². The second-order valence-electron chi connectivity index (χ2n) is 5.70. The summed E-state index contributed by atoms with van der Waals surface area (Å²) in [5, 5.41) is 6.79. The van der Waals surface area contributed by atoms with Crippen LogP contribution in [0.5, 0.6) is 0 Å². The van der Waals surface area contributed by atoms with Crippen LogP contribution in [0.4, 0.5) is 11.5 Å².